The maximum Gasteiger partial charge on any atom is 0.272 e. The van der Waals surface area contributed by atoms with Crippen molar-refractivity contribution in [2.24, 2.45) is 0 Å². The highest BCUT2D eigenvalue weighted by atomic mass is 16.2. The zero-order valence-corrected chi connectivity index (χ0v) is 17.1. The third kappa shape index (κ3) is 5.22. The largest absolute Gasteiger partial charge is 0.387 e. The summed E-state index contributed by atoms with van der Waals surface area (Å²) in [6, 6.07) is 10.1. The predicted octanol–water partition coefficient (Wildman–Crippen LogP) is 4.24. The topological polar surface area (TPSA) is 50.2 Å². The van der Waals surface area contributed by atoms with Crippen LogP contribution in [0, 0.1) is 6.92 Å². The van der Waals surface area contributed by atoms with Crippen molar-refractivity contribution in [1.82, 2.24) is 20.0 Å². The number of nitrogens with zero attached hydrogens (tertiary/aromatic N) is 3. The van der Waals surface area contributed by atoms with Gasteiger partial charge >= 0.3 is 0 Å². The van der Waals surface area contributed by atoms with Crippen molar-refractivity contribution in [2.45, 2.75) is 47.1 Å². The first kappa shape index (κ1) is 20.7. The molecule has 2 heterocycles. The number of fused-ring (bicyclic) bond motifs is 1. The van der Waals surface area contributed by atoms with Crippen LogP contribution in [0.1, 0.15) is 49.7 Å². The number of carbonyl (C=O) groups is 1. The Morgan fingerprint density at radius 2 is 1.93 bits per heavy atom. The van der Waals surface area contributed by atoms with Crippen molar-refractivity contribution in [3.8, 4) is 11.3 Å². The van der Waals surface area contributed by atoms with Gasteiger partial charge in [-0.15, -0.1) is 0 Å². The Balaban J connectivity index is 0.00000126. The summed E-state index contributed by atoms with van der Waals surface area (Å²) in [7, 11) is 0. The zero-order valence-electron chi connectivity index (χ0n) is 17.1. The average molecular weight is 369 g/mol. The van der Waals surface area contributed by atoms with Crippen molar-refractivity contribution < 1.29 is 4.79 Å². The molecule has 0 saturated heterocycles. The van der Waals surface area contributed by atoms with Gasteiger partial charge in [0, 0.05) is 24.4 Å². The summed E-state index contributed by atoms with van der Waals surface area (Å²) in [5.74, 6) is 0.0237. The second kappa shape index (κ2) is 9.95. The van der Waals surface area contributed by atoms with Crippen LogP contribution in [-0.2, 0) is 6.54 Å². The molecule has 1 aromatic heterocycles. The molecule has 0 saturated carbocycles. The number of benzene rings is 1. The van der Waals surface area contributed by atoms with Gasteiger partial charge in [0.05, 0.1) is 18.8 Å². The molecule has 0 fully saturated rings. The van der Waals surface area contributed by atoms with Crippen molar-refractivity contribution >= 4 is 5.91 Å². The minimum Gasteiger partial charge on any atom is -0.387 e. The Hall–Kier alpha value is -2.56. The molecular weight excluding hydrogens is 336 g/mol. The Morgan fingerprint density at radius 1 is 1.22 bits per heavy atom. The van der Waals surface area contributed by atoms with Crippen molar-refractivity contribution in [3.63, 3.8) is 0 Å². The molecular formula is C22H32N4O. The first-order valence-electron chi connectivity index (χ1n) is 9.94. The Labute approximate surface area is 163 Å². The molecule has 1 aliphatic heterocycles. The molecule has 3 rings (SSSR count). The van der Waals surface area contributed by atoms with E-state index in [1.165, 1.54) is 5.56 Å². The number of aryl methyl sites for hydroxylation is 1. The number of aromatic nitrogens is 2. The lowest BCUT2D eigenvalue weighted by molar-refractivity contribution is 0.0711. The highest BCUT2D eigenvalue weighted by Crippen LogP contribution is 2.22. The lowest BCUT2D eigenvalue weighted by Gasteiger charge is -2.28. The molecule has 0 radical (unpaired) electrons. The summed E-state index contributed by atoms with van der Waals surface area (Å²) in [5, 5.41) is 7.91. The summed E-state index contributed by atoms with van der Waals surface area (Å²) >= 11 is 0. The van der Waals surface area contributed by atoms with E-state index in [4.69, 9.17) is 0 Å². The van der Waals surface area contributed by atoms with Gasteiger partial charge in [0.15, 0.2) is 0 Å². The quantitative estimate of drug-likeness (QED) is 0.744. The van der Waals surface area contributed by atoms with Crippen molar-refractivity contribution in [1.29, 1.82) is 0 Å². The van der Waals surface area contributed by atoms with E-state index < -0.39 is 0 Å². The molecule has 5 nitrogen and oxygen atoms in total. The Kier molecular flexibility index (Phi) is 7.65. The molecule has 1 aliphatic rings. The van der Waals surface area contributed by atoms with Gasteiger partial charge in [-0.25, -0.2) is 0 Å². The maximum atomic E-state index is 12.8. The van der Waals surface area contributed by atoms with E-state index >= 15 is 0 Å². The molecule has 0 spiro atoms. The molecule has 0 atom stereocenters. The number of hydrogen-bond donors (Lipinski definition) is 1. The minimum atomic E-state index is 0.0237. The second-order valence-electron chi connectivity index (χ2n) is 6.61. The average Bonchev–Trinajstić information content (AvgIpc) is 3.12. The lowest BCUT2D eigenvalue weighted by Crippen LogP contribution is -2.42. The van der Waals surface area contributed by atoms with Crippen LogP contribution in [0.15, 0.2) is 42.6 Å². The number of rotatable bonds is 7. The maximum absolute atomic E-state index is 12.8. The highest BCUT2D eigenvalue weighted by Gasteiger charge is 2.26. The highest BCUT2D eigenvalue weighted by molar-refractivity contribution is 5.94. The lowest BCUT2D eigenvalue weighted by atomic mass is 10.1. The van der Waals surface area contributed by atoms with Crippen LogP contribution >= 0.6 is 0 Å². The van der Waals surface area contributed by atoms with Crippen LogP contribution in [0.25, 0.3) is 11.3 Å². The fraction of sp³-hybridized carbons (Fsp3) is 0.455. The standard InChI is InChI=1S/C20H26N4O.C2H6/c1-4-5-10-21-16(3)14-23-11-12-24-19(20(23)25)13-18(22-24)17-8-6-15(2)7-9-17;1-2/h6-9,13,21H,3-5,10-12,14H2,1-2H3;1-2H3. The number of carbonyl (C=O) groups excluding carboxylic acids is 1. The zero-order chi connectivity index (χ0) is 19.8. The van der Waals surface area contributed by atoms with E-state index in [2.05, 4.69) is 43.0 Å². The van der Waals surface area contributed by atoms with Gasteiger partial charge in [0.25, 0.3) is 5.91 Å². The number of unbranched alkanes of at least 4 members (excludes halogenated alkanes) is 1. The van der Waals surface area contributed by atoms with E-state index in [9.17, 15) is 4.79 Å². The number of nitrogens with one attached hydrogen (secondary N) is 1. The van der Waals surface area contributed by atoms with Gasteiger partial charge in [0.2, 0.25) is 0 Å². The Morgan fingerprint density at radius 3 is 2.59 bits per heavy atom. The summed E-state index contributed by atoms with van der Waals surface area (Å²) in [6.45, 7) is 15.1. The van der Waals surface area contributed by atoms with Gasteiger partial charge in [-0.1, -0.05) is 63.6 Å². The summed E-state index contributed by atoms with van der Waals surface area (Å²) in [5.41, 5.74) is 4.66. The summed E-state index contributed by atoms with van der Waals surface area (Å²) in [6.07, 6.45) is 2.25. The van der Waals surface area contributed by atoms with Crippen LogP contribution in [-0.4, -0.2) is 40.2 Å². The normalized spacial score (nSPS) is 12.9. The molecule has 0 unspecified atom stereocenters. The van der Waals surface area contributed by atoms with E-state index in [0.717, 1.165) is 42.9 Å². The van der Waals surface area contributed by atoms with E-state index in [1.807, 2.05) is 41.6 Å². The molecule has 1 aromatic carbocycles. The van der Waals surface area contributed by atoms with Crippen molar-refractivity contribution in [3.05, 3.63) is 53.9 Å². The SMILES string of the molecule is C=C(CN1CCn2nc(-c3ccc(C)cc3)cc2C1=O)NCCCC.CC. The first-order chi connectivity index (χ1) is 13.1. The van der Waals surface area contributed by atoms with Gasteiger partial charge in [-0.2, -0.15) is 5.10 Å². The van der Waals surface area contributed by atoms with Gasteiger partial charge in [-0.3, -0.25) is 9.48 Å². The first-order valence-corrected chi connectivity index (χ1v) is 9.94. The van der Waals surface area contributed by atoms with Crippen LogP contribution < -0.4 is 5.32 Å². The Bertz CT molecular complexity index is 761. The van der Waals surface area contributed by atoms with Gasteiger partial charge < -0.3 is 10.2 Å². The monoisotopic (exact) mass is 368 g/mol. The molecule has 2 aromatic rings. The second-order valence-corrected chi connectivity index (χ2v) is 6.61. The third-order valence-corrected chi connectivity index (χ3v) is 4.50. The molecule has 5 heteroatoms. The summed E-state index contributed by atoms with van der Waals surface area (Å²) in [4.78, 5) is 14.6. The molecule has 0 bridgehead atoms. The van der Waals surface area contributed by atoms with E-state index in [1.54, 1.807) is 0 Å². The fourth-order valence-electron chi connectivity index (χ4n) is 2.98. The fourth-order valence-corrected chi connectivity index (χ4v) is 2.98. The molecule has 1 N–H and O–H groups in total. The van der Waals surface area contributed by atoms with Crippen molar-refractivity contribution in [2.75, 3.05) is 19.6 Å². The third-order valence-electron chi connectivity index (χ3n) is 4.50. The molecule has 1 amide bonds. The molecule has 146 valence electrons. The molecule has 0 aliphatic carbocycles. The van der Waals surface area contributed by atoms with Crippen LogP contribution in [0.4, 0.5) is 0 Å². The number of hydrogen-bond acceptors (Lipinski definition) is 3. The van der Waals surface area contributed by atoms with Crippen LogP contribution in [0.5, 0.6) is 0 Å². The van der Waals surface area contributed by atoms with E-state index in [-0.39, 0.29) is 5.91 Å². The smallest absolute Gasteiger partial charge is 0.272 e. The minimum absolute atomic E-state index is 0.0237. The van der Waals surface area contributed by atoms with Crippen LogP contribution in [0.3, 0.4) is 0 Å². The van der Waals surface area contributed by atoms with Gasteiger partial charge in [-0.05, 0) is 19.4 Å². The molecule has 27 heavy (non-hydrogen) atoms. The number of amides is 1. The van der Waals surface area contributed by atoms with Crippen LogP contribution in [0.2, 0.25) is 0 Å². The summed E-state index contributed by atoms with van der Waals surface area (Å²) < 4.78 is 1.82. The predicted molar refractivity (Wildman–Crippen MR) is 112 cm³/mol. The van der Waals surface area contributed by atoms with E-state index in [0.29, 0.717) is 18.8 Å². The van der Waals surface area contributed by atoms with Gasteiger partial charge in [0.1, 0.15) is 5.69 Å².